The highest BCUT2D eigenvalue weighted by Gasteiger charge is 2.28. The Balaban J connectivity index is 1.94. The first-order chi connectivity index (χ1) is 11.5. The molecule has 2 aromatic rings. The van der Waals surface area contributed by atoms with Gasteiger partial charge in [-0.05, 0) is 37.9 Å². The lowest BCUT2D eigenvalue weighted by atomic mass is 9.94. The summed E-state index contributed by atoms with van der Waals surface area (Å²) >= 11 is 12.5. The minimum atomic E-state index is -0.222. The molecule has 3 rings (SSSR count). The van der Waals surface area contributed by atoms with Crippen LogP contribution in [-0.2, 0) is 0 Å². The molecule has 1 aromatic heterocycles. The van der Waals surface area contributed by atoms with Gasteiger partial charge in [0.2, 0.25) is 0 Å². The summed E-state index contributed by atoms with van der Waals surface area (Å²) in [6, 6.07) is 5.23. The first kappa shape index (κ1) is 17.3. The second-order valence-electron chi connectivity index (χ2n) is 6.11. The highest BCUT2D eigenvalue weighted by molar-refractivity contribution is 6.39. The molecule has 1 aromatic carbocycles. The predicted molar refractivity (Wildman–Crippen MR) is 94.6 cm³/mol. The molecular weight excluding hydrogens is 349 g/mol. The van der Waals surface area contributed by atoms with Crippen LogP contribution in [0.5, 0.6) is 0 Å². The van der Waals surface area contributed by atoms with Gasteiger partial charge in [0.05, 0.1) is 10.0 Å². The third kappa shape index (κ3) is 3.29. The van der Waals surface area contributed by atoms with E-state index < -0.39 is 0 Å². The van der Waals surface area contributed by atoms with Crippen molar-refractivity contribution in [2.24, 2.45) is 5.92 Å². The van der Waals surface area contributed by atoms with E-state index in [0.717, 1.165) is 19.5 Å². The van der Waals surface area contributed by atoms with E-state index in [4.69, 9.17) is 27.7 Å². The number of amides is 1. The third-order valence-electron chi connectivity index (χ3n) is 4.43. The molecule has 24 heavy (non-hydrogen) atoms. The average molecular weight is 368 g/mol. The summed E-state index contributed by atoms with van der Waals surface area (Å²) < 4.78 is 5.25. The van der Waals surface area contributed by atoms with Crippen molar-refractivity contribution in [3.63, 3.8) is 0 Å². The van der Waals surface area contributed by atoms with Crippen molar-refractivity contribution < 1.29 is 9.32 Å². The monoisotopic (exact) mass is 367 g/mol. The molecule has 1 aliphatic rings. The minimum Gasteiger partial charge on any atom is -0.360 e. The molecule has 0 bridgehead atoms. The van der Waals surface area contributed by atoms with Crippen molar-refractivity contribution in [1.82, 2.24) is 15.8 Å². The number of benzene rings is 1. The van der Waals surface area contributed by atoms with E-state index in [2.05, 4.69) is 22.7 Å². The maximum atomic E-state index is 12.8. The van der Waals surface area contributed by atoms with E-state index in [1.165, 1.54) is 0 Å². The third-order valence-corrected chi connectivity index (χ3v) is 5.06. The molecule has 7 heteroatoms. The highest BCUT2D eigenvalue weighted by atomic mass is 35.5. The number of hydrogen-bond acceptors (Lipinski definition) is 4. The number of aryl methyl sites for hydroxylation is 1. The van der Waals surface area contributed by atoms with Crippen molar-refractivity contribution in [2.45, 2.75) is 26.3 Å². The van der Waals surface area contributed by atoms with E-state index in [-0.39, 0.29) is 11.9 Å². The van der Waals surface area contributed by atoms with E-state index in [1.807, 2.05) is 0 Å². The molecule has 2 atom stereocenters. The quantitative estimate of drug-likeness (QED) is 0.867. The van der Waals surface area contributed by atoms with E-state index in [0.29, 0.717) is 38.5 Å². The van der Waals surface area contributed by atoms with Gasteiger partial charge in [-0.2, -0.15) is 0 Å². The first-order valence-electron chi connectivity index (χ1n) is 7.91. The van der Waals surface area contributed by atoms with Crippen LogP contribution in [0.4, 0.5) is 0 Å². The van der Waals surface area contributed by atoms with Gasteiger partial charge in [0.25, 0.3) is 5.91 Å². The fourth-order valence-electron chi connectivity index (χ4n) is 2.96. The van der Waals surface area contributed by atoms with Gasteiger partial charge in [-0.15, -0.1) is 0 Å². The molecule has 1 saturated heterocycles. The highest BCUT2D eigenvalue weighted by Crippen LogP contribution is 2.36. The van der Waals surface area contributed by atoms with Crippen LogP contribution in [0, 0.1) is 12.8 Å². The number of carbonyl (C=O) groups is 1. The maximum Gasteiger partial charge on any atom is 0.257 e. The Morgan fingerprint density at radius 2 is 2.08 bits per heavy atom. The van der Waals surface area contributed by atoms with Crippen LogP contribution >= 0.6 is 23.2 Å². The first-order valence-corrected chi connectivity index (χ1v) is 8.67. The number of piperidine rings is 1. The lowest BCUT2D eigenvalue weighted by Crippen LogP contribution is -2.50. The summed E-state index contributed by atoms with van der Waals surface area (Å²) in [5.41, 5.74) is 1.26. The van der Waals surface area contributed by atoms with Crippen molar-refractivity contribution in [2.75, 3.05) is 13.1 Å². The van der Waals surface area contributed by atoms with Crippen molar-refractivity contribution in [3.05, 3.63) is 39.6 Å². The fraction of sp³-hybridized carbons (Fsp3) is 0.412. The van der Waals surface area contributed by atoms with Gasteiger partial charge in [0.15, 0.2) is 0 Å². The van der Waals surface area contributed by atoms with Crippen LogP contribution in [-0.4, -0.2) is 30.2 Å². The fourth-order valence-corrected chi connectivity index (χ4v) is 3.53. The topological polar surface area (TPSA) is 67.2 Å². The number of hydrogen-bond donors (Lipinski definition) is 2. The van der Waals surface area contributed by atoms with Gasteiger partial charge in [0.1, 0.15) is 17.0 Å². The molecule has 0 spiro atoms. The number of aromatic nitrogens is 1. The Morgan fingerprint density at radius 3 is 2.75 bits per heavy atom. The number of halogens is 2. The standard InChI is InChI=1S/C17H19Cl2N3O2/c1-9-6-7-20-8-13(9)21-17(23)14-10(2)24-22-16(14)15-11(18)4-3-5-12(15)19/h3-5,9,13,20H,6-8H2,1-2H3,(H,21,23). The largest absolute Gasteiger partial charge is 0.360 e. The normalized spacial score (nSPS) is 20.8. The molecule has 0 radical (unpaired) electrons. The summed E-state index contributed by atoms with van der Waals surface area (Å²) in [5.74, 6) is 0.623. The minimum absolute atomic E-state index is 0.0649. The van der Waals surface area contributed by atoms with Crippen molar-refractivity contribution in [3.8, 4) is 11.3 Å². The molecule has 5 nitrogen and oxygen atoms in total. The Morgan fingerprint density at radius 1 is 1.38 bits per heavy atom. The molecule has 0 saturated carbocycles. The van der Waals surface area contributed by atoms with E-state index >= 15 is 0 Å². The number of carbonyl (C=O) groups excluding carboxylic acids is 1. The predicted octanol–water partition coefficient (Wildman–Crippen LogP) is 3.68. The van der Waals surface area contributed by atoms with Gasteiger partial charge < -0.3 is 15.2 Å². The van der Waals surface area contributed by atoms with Crippen LogP contribution in [0.15, 0.2) is 22.7 Å². The Kier molecular flexibility index (Phi) is 5.13. The van der Waals surface area contributed by atoms with Crippen molar-refractivity contribution >= 4 is 29.1 Å². The molecule has 1 amide bonds. The molecule has 2 heterocycles. The Labute approximate surface area is 150 Å². The smallest absolute Gasteiger partial charge is 0.257 e. The number of nitrogens with zero attached hydrogens (tertiary/aromatic N) is 1. The summed E-state index contributed by atoms with van der Waals surface area (Å²) in [6.45, 7) is 5.57. The Hall–Kier alpha value is -1.56. The average Bonchev–Trinajstić information content (AvgIpc) is 2.91. The van der Waals surface area contributed by atoms with E-state index in [9.17, 15) is 4.79 Å². The molecule has 0 aliphatic carbocycles. The molecule has 1 aliphatic heterocycles. The van der Waals surface area contributed by atoms with Crippen molar-refractivity contribution in [1.29, 1.82) is 0 Å². The summed E-state index contributed by atoms with van der Waals surface area (Å²) in [5, 5.41) is 11.2. The zero-order valence-corrected chi connectivity index (χ0v) is 15.0. The van der Waals surface area contributed by atoms with Gasteiger partial charge >= 0.3 is 0 Å². The maximum absolute atomic E-state index is 12.8. The lowest BCUT2D eigenvalue weighted by Gasteiger charge is -2.30. The molecule has 128 valence electrons. The SMILES string of the molecule is Cc1onc(-c2c(Cl)cccc2Cl)c1C(=O)NC1CNCCC1C. The number of nitrogens with one attached hydrogen (secondary N) is 2. The molecule has 2 N–H and O–H groups in total. The van der Waals surface area contributed by atoms with E-state index in [1.54, 1.807) is 25.1 Å². The van der Waals surface area contributed by atoms with Crippen LogP contribution in [0.25, 0.3) is 11.3 Å². The lowest BCUT2D eigenvalue weighted by molar-refractivity contribution is 0.0914. The summed E-state index contributed by atoms with van der Waals surface area (Å²) in [7, 11) is 0. The molecule has 2 unspecified atom stereocenters. The van der Waals surface area contributed by atoms with Gasteiger partial charge in [-0.3, -0.25) is 4.79 Å². The van der Waals surface area contributed by atoms with Crippen LogP contribution < -0.4 is 10.6 Å². The zero-order valence-electron chi connectivity index (χ0n) is 13.5. The number of rotatable bonds is 3. The van der Waals surface area contributed by atoms with Crippen LogP contribution in [0.2, 0.25) is 10.0 Å². The molecular formula is C17H19Cl2N3O2. The van der Waals surface area contributed by atoms with Crippen LogP contribution in [0.3, 0.4) is 0 Å². The second kappa shape index (κ2) is 7.13. The Bertz CT molecular complexity index is 740. The zero-order chi connectivity index (χ0) is 17.3. The van der Waals surface area contributed by atoms with Gasteiger partial charge in [-0.1, -0.05) is 41.3 Å². The van der Waals surface area contributed by atoms with Crippen LogP contribution in [0.1, 0.15) is 29.5 Å². The summed E-state index contributed by atoms with van der Waals surface area (Å²) in [4.78, 5) is 12.8. The second-order valence-corrected chi connectivity index (χ2v) is 6.92. The van der Waals surface area contributed by atoms with Gasteiger partial charge in [0, 0.05) is 18.2 Å². The summed E-state index contributed by atoms with van der Waals surface area (Å²) in [6.07, 6.45) is 1.02. The van der Waals surface area contributed by atoms with Gasteiger partial charge in [-0.25, -0.2) is 0 Å². The molecule has 1 fully saturated rings.